The Hall–Kier alpha value is -1.97. The third-order valence-corrected chi connectivity index (χ3v) is 2.82. The van der Waals surface area contributed by atoms with Crippen LogP contribution in [0, 0.1) is 20.8 Å². The van der Waals surface area contributed by atoms with E-state index in [1.54, 1.807) is 4.68 Å². The molecule has 17 heavy (non-hydrogen) atoms. The summed E-state index contributed by atoms with van der Waals surface area (Å²) in [5.74, 6) is -0.0564. The number of carbonyl (C=O) groups excluding carboxylic acids is 1. The Labute approximate surface area is 100 Å². The molecule has 1 aromatic carbocycles. The fourth-order valence-electron chi connectivity index (χ4n) is 1.83. The van der Waals surface area contributed by atoms with E-state index in [0.717, 1.165) is 22.5 Å². The Balaban J connectivity index is 2.61. The Morgan fingerprint density at radius 1 is 1.24 bits per heavy atom. The molecule has 0 N–H and O–H groups in total. The van der Waals surface area contributed by atoms with E-state index in [0.29, 0.717) is 5.69 Å². The number of aromatic nitrogens is 3. The quantitative estimate of drug-likeness (QED) is 0.743. The lowest BCUT2D eigenvalue weighted by Gasteiger charge is -2.08. The summed E-state index contributed by atoms with van der Waals surface area (Å²) in [5.41, 5.74) is 4.46. The van der Waals surface area contributed by atoms with Gasteiger partial charge in [0.1, 0.15) is 0 Å². The molecule has 88 valence electrons. The zero-order valence-electron chi connectivity index (χ0n) is 10.5. The van der Waals surface area contributed by atoms with Crippen LogP contribution in [0.25, 0.3) is 5.69 Å². The zero-order valence-corrected chi connectivity index (χ0v) is 10.5. The van der Waals surface area contributed by atoms with Crippen molar-refractivity contribution < 1.29 is 4.79 Å². The van der Waals surface area contributed by atoms with Crippen LogP contribution < -0.4 is 0 Å². The van der Waals surface area contributed by atoms with E-state index in [4.69, 9.17) is 0 Å². The largest absolute Gasteiger partial charge is 0.293 e. The van der Waals surface area contributed by atoms with Crippen molar-refractivity contribution in [2.45, 2.75) is 27.7 Å². The number of Topliss-reactive ketones (excluding diaryl/α,β-unsaturated/α-hetero) is 1. The summed E-state index contributed by atoms with van der Waals surface area (Å²) < 4.78 is 1.72. The number of ketones is 1. The normalized spacial score (nSPS) is 10.6. The van der Waals surface area contributed by atoms with Crippen molar-refractivity contribution in [1.82, 2.24) is 15.0 Å². The maximum atomic E-state index is 11.3. The first-order chi connectivity index (χ1) is 8.00. The first kappa shape index (κ1) is 11.5. The Kier molecular flexibility index (Phi) is 2.79. The van der Waals surface area contributed by atoms with Crippen LogP contribution in [0.2, 0.25) is 0 Å². The molecule has 1 aromatic heterocycles. The van der Waals surface area contributed by atoms with Crippen LogP contribution in [0.5, 0.6) is 0 Å². The molecule has 0 aliphatic heterocycles. The third-order valence-electron chi connectivity index (χ3n) is 2.82. The van der Waals surface area contributed by atoms with Gasteiger partial charge in [0.25, 0.3) is 0 Å². The molecule has 0 aliphatic rings. The Morgan fingerprint density at radius 2 is 1.94 bits per heavy atom. The standard InChI is InChI=1S/C13H15N3O/c1-8-5-6-9(2)12(7-8)16-10(3)13(11(4)17)14-15-16/h5-7H,1-4H3. The highest BCUT2D eigenvalue weighted by Gasteiger charge is 2.14. The molecule has 0 saturated heterocycles. The first-order valence-electron chi connectivity index (χ1n) is 5.51. The predicted molar refractivity (Wildman–Crippen MR) is 65.6 cm³/mol. The van der Waals surface area contributed by atoms with E-state index in [9.17, 15) is 4.79 Å². The predicted octanol–water partition coefficient (Wildman–Crippen LogP) is 2.40. The highest BCUT2D eigenvalue weighted by Crippen LogP contribution is 2.18. The maximum Gasteiger partial charge on any atom is 0.181 e. The molecule has 0 radical (unpaired) electrons. The fraction of sp³-hybridized carbons (Fsp3) is 0.308. The summed E-state index contributed by atoms with van der Waals surface area (Å²) in [5, 5.41) is 7.98. The SMILES string of the molecule is CC(=O)c1nnn(-c2cc(C)ccc2C)c1C. The van der Waals surface area contributed by atoms with Crippen LogP contribution in [-0.2, 0) is 0 Å². The molecular formula is C13H15N3O. The van der Waals surface area contributed by atoms with Crippen LogP contribution in [-0.4, -0.2) is 20.8 Å². The van der Waals surface area contributed by atoms with Crippen molar-refractivity contribution in [3.63, 3.8) is 0 Å². The van der Waals surface area contributed by atoms with Crippen LogP contribution in [0.15, 0.2) is 18.2 Å². The van der Waals surface area contributed by atoms with Crippen molar-refractivity contribution in [2.24, 2.45) is 0 Å². The van der Waals surface area contributed by atoms with Crippen LogP contribution in [0.4, 0.5) is 0 Å². The molecule has 0 amide bonds. The van der Waals surface area contributed by atoms with E-state index < -0.39 is 0 Å². The van der Waals surface area contributed by atoms with Gasteiger partial charge >= 0.3 is 0 Å². The summed E-state index contributed by atoms with van der Waals surface area (Å²) in [7, 11) is 0. The number of carbonyl (C=O) groups is 1. The van der Waals surface area contributed by atoms with Crippen molar-refractivity contribution in [3.8, 4) is 5.69 Å². The monoisotopic (exact) mass is 229 g/mol. The molecule has 1 heterocycles. The molecule has 0 spiro atoms. The van der Waals surface area contributed by atoms with Gasteiger partial charge in [0, 0.05) is 6.92 Å². The van der Waals surface area contributed by atoms with Gasteiger partial charge in [-0.1, -0.05) is 17.3 Å². The lowest BCUT2D eigenvalue weighted by Crippen LogP contribution is -2.03. The van der Waals surface area contributed by atoms with E-state index in [2.05, 4.69) is 16.4 Å². The highest BCUT2D eigenvalue weighted by molar-refractivity contribution is 5.93. The first-order valence-corrected chi connectivity index (χ1v) is 5.51. The molecule has 0 fully saturated rings. The second-order valence-electron chi connectivity index (χ2n) is 4.28. The Morgan fingerprint density at radius 3 is 2.53 bits per heavy atom. The molecule has 2 aromatic rings. The maximum absolute atomic E-state index is 11.3. The number of rotatable bonds is 2. The summed E-state index contributed by atoms with van der Waals surface area (Å²) in [6.07, 6.45) is 0. The van der Waals surface area contributed by atoms with Gasteiger partial charge in [-0.2, -0.15) is 0 Å². The topological polar surface area (TPSA) is 47.8 Å². The van der Waals surface area contributed by atoms with Gasteiger partial charge in [-0.25, -0.2) is 4.68 Å². The van der Waals surface area contributed by atoms with Gasteiger partial charge in [0.05, 0.1) is 11.4 Å². The van der Waals surface area contributed by atoms with Gasteiger partial charge in [-0.3, -0.25) is 4.79 Å². The van der Waals surface area contributed by atoms with Crippen molar-refractivity contribution in [2.75, 3.05) is 0 Å². The summed E-state index contributed by atoms with van der Waals surface area (Å²) in [6.45, 7) is 7.41. The van der Waals surface area contributed by atoms with Gasteiger partial charge < -0.3 is 0 Å². The van der Waals surface area contributed by atoms with Crippen molar-refractivity contribution in [1.29, 1.82) is 0 Å². The van der Waals surface area contributed by atoms with Crippen LogP contribution >= 0.6 is 0 Å². The van der Waals surface area contributed by atoms with Gasteiger partial charge in [-0.15, -0.1) is 5.10 Å². The number of nitrogens with zero attached hydrogens (tertiary/aromatic N) is 3. The zero-order chi connectivity index (χ0) is 12.6. The van der Waals surface area contributed by atoms with Crippen LogP contribution in [0.1, 0.15) is 34.2 Å². The number of hydrogen-bond acceptors (Lipinski definition) is 3. The second-order valence-corrected chi connectivity index (χ2v) is 4.28. The number of aryl methyl sites for hydroxylation is 2. The minimum atomic E-state index is -0.0564. The minimum Gasteiger partial charge on any atom is -0.293 e. The smallest absolute Gasteiger partial charge is 0.181 e. The van der Waals surface area contributed by atoms with Gasteiger partial charge in [0.2, 0.25) is 0 Å². The molecule has 2 rings (SSSR count). The van der Waals surface area contributed by atoms with Crippen LogP contribution in [0.3, 0.4) is 0 Å². The third kappa shape index (κ3) is 1.98. The lowest BCUT2D eigenvalue weighted by molar-refractivity contribution is 0.101. The average molecular weight is 229 g/mol. The molecule has 0 bridgehead atoms. The van der Waals surface area contributed by atoms with E-state index >= 15 is 0 Å². The molecule has 0 atom stereocenters. The molecule has 4 heteroatoms. The number of benzene rings is 1. The summed E-state index contributed by atoms with van der Waals surface area (Å²) >= 11 is 0. The average Bonchev–Trinajstić information content (AvgIpc) is 2.64. The second kappa shape index (κ2) is 4.13. The van der Waals surface area contributed by atoms with Gasteiger partial charge in [-0.05, 0) is 38.0 Å². The molecule has 0 saturated carbocycles. The number of hydrogen-bond donors (Lipinski definition) is 0. The van der Waals surface area contributed by atoms with E-state index in [-0.39, 0.29) is 5.78 Å². The van der Waals surface area contributed by atoms with Gasteiger partial charge in [0.15, 0.2) is 11.5 Å². The highest BCUT2D eigenvalue weighted by atomic mass is 16.1. The van der Waals surface area contributed by atoms with Crippen molar-refractivity contribution in [3.05, 3.63) is 40.7 Å². The van der Waals surface area contributed by atoms with E-state index in [1.807, 2.05) is 32.9 Å². The van der Waals surface area contributed by atoms with E-state index in [1.165, 1.54) is 6.92 Å². The molecule has 0 unspecified atom stereocenters. The van der Waals surface area contributed by atoms with Crippen molar-refractivity contribution >= 4 is 5.78 Å². The summed E-state index contributed by atoms with van der Waals surface area (Å²) in [6, 6.07) is 6.14. The fourth-order valence-corrected chi connectivity index (χ4v) is 1.83. The molecule has 0 aliphatic carbocycles. The molecule has 4 nitrogen and oxygen atoms in total. The summed E-state index contributed by atoms with van der Waals surface area (Å²) in [4.78, 5) is 11.3. The lowest BCUT2D eigenvalue weighted by atomic mass is 10.1. The Bertz CT molecular complexity index is 584. The molecular weight excluding hydrogens is 214 g/mol. The minimum absolute atomic E-state index is 0.0564.